The van der Waals surface area contributed by atoms with Crippen molar-refractivity contribution in [3.63, 3.8) is 0 Å². The minimum absolute atomic E-state index is 0.0283. The summed E-state index contributed by atoms with van der Waals surface area (Å²) in [5.41, 5.74) is 0.700. The molecule has 1 saturated carbocycles. The molecular weight excluding hydrogens is 350 g/mol. The minimum Gasteiger partial charge on any atom is -0.351 e. The van der Waals surface area contributed by atoms with Crippen molar-refractivity contribution in [1.29, 1.82) is 0 Å². The fourth-order valence-electron chi connectivity index (χ4n) is 6.19. The number of nitrogens with zero attached hydrogens (tertiary/aromatic N) is 1. The fourth-order valence-corrected chi connectivity index (χ4v) is 6.19. The average Bonchev–Trinajstić information content (AvgIpc) is 3.28. The number of likely N-dealkylation sites (tertiary alicyclic amines) is 1. The van der Waals surface area contributed by atoms with Crippen LogP contribution in [0.2, 0.25) is 0 Å². The number of hydrogen-bond acceptors (Lipinski definition) is 3. The zero-order chi connectivity index (χ0) is 19.1. The van der Waals surface area contributed by atoms with Gasteiger partial charge in [-0.05, 0) is 63.0 Å². The smallest absolute Gasteiger partial charge is 0.254 e. The van der Waals surface area contributed by atoms with Gasteiger partial charge in [0.2, 0.25) is 5.91 Å². The van der Waals surface area contributed by atoms with E-state index in [-0.39, 0.29) is 29.9 Å². The molecule has 5 unspecified atom stereocenters. The van der Waals surface area contributed by atoms with Gasteiger partial charge in [-0.1, -0.05) is 31.0 Å². The van der Waals surface area contributed by atoms with Gasteiger partial charge in [-0.3, -0.25) is 9.59 Å². The van der Waals surface area contributed by atoms with Crippen LogP contribution >= 0.6 is 0 Å². The number of nitrogens with one attached hydrogen (secondary N) is 2. The first kappa shape index (κ1) is 18.2. The molecule has 0 radical (unpaired) electrons. The molecule has 3 saturated heterocycles. The third-order valence-corrected chi connectivity index (χ3v) is 7.47. The molecule has 0 spiro atoms. The second-order valence-electron chi connectivity index (χ2n) is 9.26. The van der Waals surface area contributed by atoms with Crippen LogP contribution in [0, 0.1) is 5.92 Å². The summed E-state index contributed by atoms with van der Waals surface area (Å²) in [6.07, 6.45) is 9.88. The van der Waals surface area contributed by atoms with Gasteiger partial charge in [0.15, 0.2) is 0 Å². The van der Waals surface area contributed by atoms with Gasteiger partial charge in [0, 0.05) is 29.7 Å². The Labute approximate surface area is 167 Å². The van der Waals surface area contributed by atoms with E-state index in [1.165, 1.54) is 19.3 Å². The molecule has 2 bridgehead atoms. The van der Waals surface area contributed by atoms with Crippen LogP contribution in [0.25, 0.3) is 0 Å². The van der Waals surface area contributed by atoms with Crippen LogP contribution < -0.4 is 10.6 Å². The Morgan fingerprint density at radius 2 is 1.64 bits per heavy atom. The number of fused-ring (bicyclic) bond motifs is 3. The first-order chi connectivity index (χ1) is 13.7. The Hall–Kier alpha value is -1.88. The van der Waals surface area contributed by atoms with Gasteiger partial charge in [-0.2, -0.15) is 0 Å². The summed E-state index contributed by atoms with van der Waals surface area (Å²) in [5, 5.41) is 6.97. The first-order valence-electron chi connectivity index (χ1n) is 11.1. The molecule has 2 amide bonds. The number of hydrogen-bond donors (Lipinski definition) is 2. The molecule has 5 heteroatoms. The Bertz CT molecular complexity index is 725. The summed E-state index contributed by atoms with van der Waals surface area (Å²) in [6, 6.07) is 10.8. The summed E-state index contributed by atoms with van der Waals surface area (Å²) in [6.45, 7) is 0. The molecule has 4 fully saturated rings. The number of piperidine rings is 1. The van der Waals surface area contributed by atoms with Crippen molar-refractivity contribution >= 4 is 11.8 Å². The minimum atomic E-state index is -0.312. The van der Waals surface area contributed by atoms with E-state index in [2.05, 4.69) is 10.6 Å². The molecule has 1 aliphatic carbocycles. The Kier molecular flexibility index (Phi) is 4.87. The first-order valence-corrected chi connectivity index (χ1v) is 11.1. The zero-order valence-corrected chi connectivity index (χ0v) is 16.5. The number of carbonyl (C=O) groups excluding carboxylic acids is 2. The van der Waals surface area contributed by atoms with Gasteiger partial charge in [0.05, 0.1) is 0 Å². The standard InChI is InChI=1S/C23H31N3O2/c27-22(25-19-13-17-10-11-18(14-19)24-17)21-12-16-8-4-5-9-20(16)26(21)23(28)15-6-2-1-3-7-15/h1-3,6-7,16-21,24H,4-5,8-14H2,(H,25,27). The van der Waals surface area contributed by atoms with Crippen LogP contribution in [-0.2, 0) is 4.79 Å². The number of benzene rings is 1. The maximum Gasteiger partial charge on any atom is 0.254 e. The maximum atomic E-state index is 13.4. The molecule has 150 valence electrons. The molecule has 5 nitrogen and oxygen atoms in total. The van der Waals surface area contributed by atoms with Gasteiger partial charge in [-0.25, -0.2) is 0 Å². The lowest BCUT2D eigenvalue weighted by atomic mass is 9.84. The van der Waals surface area contributed by atoms with Crippen LogP contribution in [0.5, 0.6) is 0 Å². The third kappa shape index (κ3) is 3.34. The Morgan fingerprint density at radius 3 is 2.39 bits per heavy atom. The van der Waals surface area contributed by atoms with Crippen LogP contribution in [0.4, 0.5) is 0 Å². The van der Waals surface area contributed by atoms with E-state index in [1.807, 2.05) is 35.2 Å². The van der Waals surface area contributed by atoms with Crippen molar-refractivity contribution in [3.05, 3.63) is 35.9 Å². The van der Waals surface area contributed by atoms with Crippen molar-refractivity contribution in [1.82, 2.24) is 15.5 Å². The summed E-state index contributed by atoms with van der Waals surface area (Å²) < 4.78 is 0. The number of amides is 2. The van der Waals surface area contributed by atoms with Crippen molar-refractivity contribution < 1.29 is 9.59 Å². The van der Waals surface area contributed by atoms with Crippen molar-refractivity contribution in [3.8, 4) is 0 Å². The number of rotatable bonds is 3. The van der Waals surface area contributed by atoms with Crippen LogP contribution in [-0.4, -0.2) is 46.9 Å². The van der Waals surface area contributed by atoms with Crippen molar-refractivity contribution in [2.24, 2.45) is 5.92 Å². The quantitative estimate of drug-likeness (QED) is 0.846. The van der Waals surface area contributed by atoms with E-state index < -0.39 is 0 Å². The van der Waals surface area contributed by atoms with Crippen LogP contribution in [0.3, 0.4) is 0 Å². The van der Waals surface area contributed by atoms with Crippen molar-refractivity contribution in [2.75, 3.05) is 0 Å². The normalized spacial score (nSPS) is 36.8. The van der Waals surface area contributed by atoms with E-state index in [0.717, 1.165) is 38.5 Å². The van der Waals surface area contributed by atoms with E-state index in [0.29, 0.717) is 23.6 Å². The number of carbonyl (C=O) groups is 2. The van der Waals surface area contributed by atoms with Crippen molar-refractivity contribution in [2.45, 2.75) is 88.0 Å². The van der Waals surface area contributed by atoms with Gasteiger partial charge in [-0.15, -0.1) is 0 Å². The van der Waals surface area contributed by atoms with Gasteiger partial charge in [0.25, 0.3) is 5.91 Å². The molecule has 28 heavy (non-hydrogen) atoms. The Balaban J connectivity index is 1.35. The zero-order valence-electron chi connectivity index (χ0n) is 16.5. The lowest BCUT2D eigenvalue weighted by Crippen LogP contribution is -2.54. The summed E-state index contributed by atoms with van der Waals surface area (Å²) in [7, 11) is 0. The molecule has 3 aliphatic heterocycles. The lowest BCUT2D eigenvalue weighted by molar-refractivity contribution is -0.126. The highest BCUT2D eigenvalue weighted by molar-refractivity contribution is 5.98. The second-order valence-corrected chi connectivity index (χ2v) is 9.26. The summed E-state index contributed by atoms with van der Waals surface area (Å²) >= 11 is 0. The van der Waals surface area contributed by atoms with Crippen LogP contribution in [0.15, 0.2) is 30.3 Å². The SMILES string of the molecule is O=C(NC1CC2CCC(C1)N2)C1CC2CCCCC2N1C(=O)c1ccccc1. The molecule has 5 rings (SSSR count). The summed E-state index contributed by atoms with van der Waals surface area (Å²) in [5.74, 6) is 0.576. The molecule has 0 aromatic heterocycles. The molecular formula is C23H31N3O2. The molecule has 1 aromatic rings. The van der Waals surface area contributed by atoms with Gasteiger partial charge < -0.3 is 15.5 Å². The topological polar surface area (TPSA) is 61.4 Å². The third-order valence-electron chi connectivity index (χ3n) is 7.47. The lowest BCUT2D eigenvalue weighted by Gasteiger charge is -2.35. The highest BCUT2D eigenvalue weighted by Gasteiger charge is 2.48. The molecule has 5 atom stereocenters. The molecule has 4 aliphatic rings. The van der Waals surface area contributed by atoms with E-state index in [9.17, 15) is 9.59 Å². The van der Waals surface area contributed by atoms with Gasteiger partial charge in [0.1, 0.15) is 6.04 Å². The Morgan fingerprint density at radius 1 is 0.929 bits per heavy atom. The average molecular weight is 382 g/mol. The summed E-state index contributed by atoms with van der Waals surface area (Å²) in [4.78, 5) is 28.6. The second kappa shape index (κ2) is 7.51. The predicted molar refractivity (Wildman–Crippen MR) is 108 cm³/mol. The highest BCUT2D eigenvalue weighted by atomic mass is 16.2. The molecule has 1 aromatic carbocycles. The van der Waals surface area contributed by atoms with E-state index in [1.54, 1.807) is 0 Å². The fraction of sp³-hybridized carbons (Fsp3) is 0.652. The highest BCUT2D eigenvalue weighted by Crippen LogP contribution is 2.40. The monoisotopic (exact) mass is 381 g/mol. The van der Waals surface area contributed by atoms with E-state index >= 15 is 0 Å². The van der Waals surface area contributed by atoms with Crippen LogP contribution in [0.1, 0.15) is 68.1 Å². The van der Waals surface area contributed by atoms with Gasteiger partial charge >= 0.3 is 0 Å². The van der Waals surface area contributed by atoms with E-state index in [4.69, 9.17) is 0 Å². The molecule has 2 N–H and O–H groups in total. The maximum absolute atomic E-state index is 13.4. The molecule has 3 heterocycles. The largest absolute Gasteiger partial charge is 0.351 e. The predicted octanol–water partition coefficient (Wildman–Crippen LogP) is 2.86.